The zero-order valence-electron chi connectivity index (χ0n) is 47.3. The molecule has 0 aromatic heterocycles. The van der Waals surface area contributed by atoms with Gasteiger partial charge in [0.25, 0.3) is 0 Å². The average molecular weight is 1090 g/mol. The Hall–Kier alpha value is -10.7. The van der Waals surface area contributed by atoms with Crippen LogP contribution in [-0.2, 0) is 11.8 Å². The lowest BCUT2D eigenvalue weighted by Gasteiger charge is -2.32. The summed E-state index contributed by atoms with van der Waals surface area (Å²) < 4.78 is 0. The SMILES string of the molecule is C1=CCCC(N(c2ccccc2)c2ccc(-c3ccc(N(c4ccccc4)c4ccc5c(c4)C4(CCc6ccccc64)c4cc(N(c6ccccc6)c6ccc(-c7ccc(N(c8ccccc8)c8ccccc8)cc7)cc6)ccc4-5)cc3)cc2)=C1. The van der Waals surface area contributed by atoms with E-state index in [1.54, 1.807) is 0 Å². The molecule has 1 atom stereocenters. The first-order valence-electron chi connectivity index (χ1n) is 29.7. The van der Waals surface area contributed by atoms with Gasteiger partial charge in [-0.15, -0.1) is 0 Å². The van der Waals surface area contributed by atoms with Gasteiger partial charge < -0.3 is 19.6 Å². The summed E-state index contributed by atoms with van der Waals surface area (Å²) in [5, 5.41) is 0. The minimum Gasteiger partial charge on any atom is -0.314 e. The lowest BCUT2D eigenvalue weighted by Crippen LogP contribution is -2.24. The number of allylic oxidation sites excluding steroid dienone is 4. The minimum absolute atomic E-state index is 0.346. The highest BCUT2D eigenvalue weighted by atomic mass is 15.2. The van der Waals surface area contributed by atoms with Gasteiger partial charge >= 0.3 is 0 Å². The summed E-state index contributed by atoms with van der Waals surface area (Å²) in [4.78, 5) is 9.55. The van der Waals surface area contributed by atoms with Crippen LogP contribution in [-0.4, -0.2) is 0 Å². The fraction of sp³-hybridized carbons (Fsp3) is 0.0617. The summed E-state index contributed by atoms with van der Waals surface area (Å²) in [7, 11) is 0. The molecule has 0 saturated carbocycles. The molecule has 4 heteroatoms. The minimum atomic E-state index is -0.346. The van der Waals surface area contributed by atoms with Crippen LogP contribution in [0.4, 0.5) is 62.6 Å². The predicted octanol–water partition coefficient (Wildman–Crippen LogP) is 22.1. The van der Waals surface area contributed by atoms with Crippen LogP contribution in [0, 0.1) is 0 Å². The molecule has 0 fully saturated rings. The molecule has 0 amide bonds. The third-order valence-electron chi connectivity index (χ3n) is 17.5. The molecule has 12 aromatic rings. The lowest BCUT2D eigenvalue weighted by molar-refractivity contribution is 0.626. The van der Waals surface area contributed by atoms with Crippen molar-refractivity contribution >= 4 is 62.6 Å². The topological polar surface area (TPSA) is 13.0 Å². The monoisotopic (exact) mass is 1090 g/mol. The van der Waals surface area contributed by atoms with Gasteiger partial charge in [-0.3, -0.25) is 0 Å². The summed E-state index contributed by atoms with van der Waals surface area (Å²) in [5.41, 5.74) is 26.2. The Morgan fingerprint density at radius 1 is 0.259 bits per heavy atom. The molecule has 0 aliphatic heterocycles. The number of rotatable bonds is 14. The third kappa shape index (κ3) is 9.48. The summed E-state index contributed by atoms with van der Waals surface area (Å²) >= 11 is 0. The lowest BCUT2D eigenvalue weighted by atomic mass is 9.73. The first-order valence-corrected chi connectivity index (χ1v) is 29.7. The molecule has 1 spiro atoms. The van der Waals surface area contributed by atoms with E-state index < -0.39 is 0 Å². The van der Waals surface area contributed by atoms with Crippen molar-refractivity contribution in [2.75, 3.05) is 19.6 Å². The van der Waals surface area contributed by atoms with Gasteiger partial charge in [0.1, 0.15) is 0 Å². The Labute approximate surface area is 499 Å². The molecule has 3 aliphatic rings. The molecule has 15 rings (SSSR count). The molecular formula is C81H62N4. The van der Waals surface area contributed by atoms with Gasteiger partial charge in [-0.05, 0) is 221 Å². The standard InChI is InChI=1S/C81H62N4/c1-7-22-64(23-8-1)82(65-24-9-2-10-25-65)70-43-35-59(36-44-70)61-39-47-72(48-40-61)84(68-30-15-5-16-31-68)74-51-53-76-77-54-52-75(58-80(77)81(79(76)57-74)56-55-63-21-19-20-34-78(63)81)85(69-32-17-6-18-33-69)73-49-41-62(42-50-73)60-37-45-71(46-38-60)83(66-26-11-3-12-27-66)67-28-13-4-14-29-67/h1-13,15-28,30-54,57-58H,14,29,55-56H2. The van der Waals surface area contributed by atoms with Crippen molar-refractivity contribution in [2.45, 2.75) is 31.1 Å². The van der Waals surface area contributed by atoms with Gasteiger partial charge in [0.05, 0.1) is 0 Å². The second kappa shape index (κ2) is 22.2. The van der Waals surface area contributed by atoms with Crippen molar-refractivity contribution in [2.24, 2.45) is 0 Å². The van der Waals surface area contributed by atoms with Crippen LogP contribution >= 0.6 is 0 Å². The maximum Gasteiger partial charge on any atom is 0.0471 e. The highest BCUT2D eigenvalue weighted by Gasteiger charge is 2.49. The number of aryl methyl sites for hydroxylation is 1. The average Bonchev–Trinajstić information content (AvgIpc) is 1.57. The summed E-state index contributed by atoms with van der Waals surface area (Å²) in [6.07, 6.45) is 10.7. The molecule has 0 saturated heterocycles. The first kappa shape index (κ1) is 51.2. The summed E-state index contributed by atoms with van der Waals surface area (Å²) in [6, 6.07) is 113. The Bertz CT molecular complexity index is 4330. The number of hydrogen-bond acceptors (Lipinski definition) is 4. The van der Waals surface area contributed by atoms with Crippen LogP contribution in [0.1, 0.15) is 41.5 Å². The quantitative estimate of drug-likeness (QED) is 0.108. The second-order valence-electron chi connectivity index (χ2n) is 22.4. The summed E-state index contributed by atoms with van der Waals surface area (Å²) in [5.74, 6) is 0. The third-order valence-corrected chi connectivity index (χ3v) is 17.5. The zero-order chi connectivity index (χ0) is 56.5. The smallest absolute Gasteiger partial charge is 0.0471 e. The Kier molecular flexibility index (Phi) is 13.4. The van der Waals surface area contributed by atoms with Gasteiger partial charge in [-0.2, -0.15) is 0 Å². The van der Waals surface area contributed by atoms with Crippen LogP contribution in [0.15, 0.2) is 333 Å². The number of hydrogen-bond donors (Lipinski definition) is 0. The Morgan fingerprint density at radius 2 is 0.576 bits per heavy atom. The number of fused-ring (bicyclic) bond motifs is 7. The van der Waals surface area contributed by atoms with Gasteiger partial charge in [0.15, 0.2) is 0 Å². The van der Waals surface area contributed by atoms with E-state index in [-0.39, 0.29) is 5.41 Å². The largest absolute Gasteiger partial charge is 0.314 e. The van der Waals surface area contributed by atoms with Crippen LogP contribution in [0.2, 0.25) is 0 Å². The fourth-order valence-electron chi connectivity index (χ4n) is 13.5. The van der Waals surface area contributed by atoms with Crippen LogP contribution in [0.3, 0.4) is 0 Å². The van der Waals surface area contributed by atoms with Gasteiger partial charge in [-0.1, -0.05) is 188 Å². The van der Waals surface area contributed by atoms with E-state index in [2.05, 4.69) is 347 Å². The molecule has 85 heavy (non-hydrogen) atoms. The van der Waals surface area contributed by atoms with Gasteiger partial charge in [0.2, 0.25) is 0 Å². The van der Waals surface area contributed by atoms with E-state index in [0.29, 0.717) is 0 Å². The van der Waals surface area contributed by atoms with Crippen molar-refractivity contribution < 1.29 is 0 Å². The summed E-state index contributed by atoms with van der Waals surface area (Å²) in [6.45, 7) is 0. The number of benzene rings is 12. The molecule has 12 aromatic carbocycles. The van der Waals surface area contributed by atoms with E-state index in [1.165, 1.54) is 67.0 Å². The number of anilines is 11. The van der Waals surface area contributed by atoms with Gasteiger partial charge in [-0.25, -0.2) is 0 Å². The van der Waals surface area contributed by atoms with E-state index >= 15 is 0 Å². The highest BCUT2D eigenvalue weighted by Crippen LogP contribution is 2.60. The molecular weight excluding hydrogens is 1030 g/mol. The highest BCUT2D eigenvalue weighted by molar-refractivity contribution is 5.91. The van der Waals surface area contributed by atoms with E-state index in [0.717, 1.165) is 82.6 Å². The second-order valence-corrected chi connectivity index (χ2v) is 22.4. The van der Waals surface area contributed by atoms with E-state index in [1.807, 2.05) is 0 Å². The maximum absolute atomic E-state index is 2.51. The number of para-hydroxylation sites is 5. The first-order chi connectivity index (χ1) is 42.1. The Morgan fingerprint density at radius 3 is 0.953 bits per heavy atom. The zero-order valence-corrected chi connectivity index (χ0v) is 47.3. The van der Waals surface area contributed by atoms with E-state index in [9.17, 15) is 0 Å². The van der Waals surface area contributed by atoms with Crippen molar-refractivity contribution in [3.8, 4) is 33.4 Å². The normalized spacial score (nSPS) is 14.5. The predicted molar refractivity (Wildman–Crippen MR) is 356 cm³/mol. The number of nitrogens with zero attached hydrogens (tertiary/aromatic N) is 4. The molecule has 1 unspecified atom stereocenters. The molecule has 3 aliphatic carbocycles. The maximum atomic E-state index is 2.51. The fourth-order valence-corrected chi connectivity index (χ4v) is 13.5. The van der Waals surface area contributed by atoms with Crippen molar-refractivity contribution in [1.29, 1.82) is 0 Å². The van der Waals surface area contributed by atoms with E-state index in [4.69, 9.17) is 0 Å². The van der Waals surface area contributed by atoms with Crippen molar-refractivity contribution in [3.63, 3.8) is 0 Å². The Balaban J connectivity index is 0.768. The molecule has 0 radical (unpaired) electrons. The van der Waals surface area contributed by atoms with Crippen LogP contribution in [0.5, 0.6) is 0 Å². The molecule has 0 bridgehead atoms. The van der Waals surface area contributed by atoms with Crippen LogP contribution < -0.4 is 19.6 Å². The van der Waals surface area contributed by atoms with Crippen molar-refractivity contribution in [1.82, 2.24) is 0 Å². The van der Waals surface area contributed by atoms with Crippen molar-refractivity contribution in [3.05, 3.63) is 356 Å². The molecule has 0 heterocycles. The molecule has 0 N–H and O–H groups in total. The van der Waals surface area contributed by atoms with Gasteiger partial charge in [0, 0.05) is 73.7 Å². The molecule has 406 valence electrons. The van der Waals surface area contributed by atoms with Crippen LogP contribution in [0.25, 0.3) is 33.4 Å². The molecule has 4 nitrogen and oxygen atoms in total.